The molecule has 2 aliphatic heterocycles. The highest BCUT2D eigenvalue weighted by molar-refractivity contribution is 5.98. The van der Waals surface area contributed by atoms with E-state index in [0.717, 1.165) is 62.3 Å². The fourth-order valence-electron chi connectivity index (χ4n) is 4.46. The Kier molecular flexibility index (Phi) is 6.84. The number of likely N-dealkylation sites (N-methyl/N-ethyl adjacent to an activating group) is 1. The highest BCUT2D eigenvalue weighted by Gasteiger charge is 2.27. The number of likely N-dealkylation sites (tertiary alicyclic amines) is 1. The summed E-state index contributed by atoms with van der Waals surface area (Å²) in [5.74, 6) is -1.19. The number of amides is 1. The maximum Gasteiger partial charge on any atom is 0.254 e. The molecule has 4 rings (SSSR count). The van der Waals surface area contributed by atoms with Crippen LogP contribution >= 0.6 is 0 Å². The molecule has 2 aliphatic rings. The number of fused-ring (bicyclic) bond motifs is 1. The molecule has 2 aromatic rings. The summed E-state index contributed by atoms with van der Waals surface area (Å²) in [7, 11) is 1.81. The van der Waals surface area contributed by atoms with Crippen molar-refractivity contribution in [2.75, 3.05) is 39.8 Å². The average Bonchev–Trinajstić information content (AvgIpc) is 2.79. The zero-order valence-electron chi connectivity index (χ0n) is 18.3. The Morgan fingerprint density at radius 1 is 1.09 bits per heavy atom. The van der Waals surface area contributed by atoms with Crippen molar-refractivity contribution in [3.63, 3.8) is 0 Å². The van der Waals surface area contributed by atoms with Gasteiger partial charge in [-0.15, -0.1) is 0 Å². The standard InChI is InChI=1S/C25H28F2N2O3/c1-28-11-7-17-3-5-20(16-22(17)25(28)31)32-14-2-10-29-12-8-18(9-13-29)24(30)21-6-4-19(26)15-23(21)27/h3-6,15-16,18H,2,7-14H2,1H3. The number of piperidine rings is 1. The van der Waals surface area contributed by atoms with Crippen LogP contribution in [-0.4, -0.2) is 61.3 Å². The summed E-state index contributed by atoms with van der Waals surface area (Å²) in [6.07, 6.45) is 3.02. The second-order valence-electron chi connectivity index (χ2n) is 8.60. The Morgan fingerprint density at radius 2 is 1.88 bits per heavy atom. The maximum atomic E-state index is 13.9. The van der Waals surface area contributed by atoms with Crippen LogP contribution in [0.15, 0.2) is 36.4 Å². The maximum absolute atomic E-state index is 13.9. The van der Waals surface area contributed by atoms with Gasteiger partial charge in [0.25, 0.3) is 5.91 Å². The van der Waals surface area contributed by atoms with E-state index in [9.17, 15) is 18.4 Å². The van der Waals surface area contributed by atoms with E-state index in [1.807, 2.05) is 25.2 Å². The molecule has 0 bridgehead atoms. The van der Waals surface area contributed by atoms with Crippen LogP contribution in [-0.2, 0) is 6.42 Å². The van der Waals surface area contributed by atoms with Gasteiger partial charge < -0.3 is 14.5 Å². The minimum atomic E-state index is -0.787. The van der Waals surface area contributed by atoms with Crippen LogP contribution in [0.4, 0.5) is 8.78 Å². The van der Waals surface area contributed by atoms with Crippen molar-refractivity contribution in [1.82, 2.24) is 9.80 Å². The zero-order valence-corrected chi connectivity index (χ0v) is 18.3. The van der Waals surface area contributed by atoms with Crippen molar-refractivity contribution >= 4 is 11.7 Å². The van der Waals surface area contributed by atoms with E-state index < -0.39 is 11.6 Å². The largest absolute Gasteiger partial charge is 0.494 e. The number of Topliss-reactive ketones (excluding diaryl/α,β-unsaturated/α-hetero) is 1. The lowest BCUT2D eigenvalue weighted by Crippen LogP contribution is -2.37. The molecule has 2 aromatic carbocycles. The molecule has 0 aliphatic carbocycles. The van der Waals surface area contributed by atoms with Crippen molar-refractivity contribution in [1.29, 1.82) is 0 Å². The van der Waals surface area contributed by atoms with Crippen molar-refractivity contribution < 1.29 is 23.1 Å². The highest BCUT2D eigenvalue weighted by atomic mass is 19.1. The van der Waals surface area contributed by atoms with E-state index in [-0.39, 0.29) is 23.2 Å². The van der Waals surface area contributed by atoms with E-state index in [2.05, 4.69) is 4.90 Å². The molecule has 0 saturated carbocycles. The van der Waals surface area contributed by atoms with Gasteiger partial charge in [0.1, 0.15) is 17.4 Å². The molecule has 1 fully saturated rings. The first-order valence-electron chi connectivity index (χ1n) is 11.1. The molecule has 0 N–H and O–H groups in total. The monoisotopic (exact) mass is 442 g/mol. The molecule has 1 amide bonds. The lowest BCUT2D eigenvalue weighted by molar-refractivity contribution is 0.0779. The predicted molar refractivity (Wildman–Crippen MR) is 117 cm³/mol. The summed E-state index contributed by atoms with van der Waals surface area (Å²) in [5.41, 5.74) is 1.77. The zero-order chi connectivity index (χ0) is 22.7. The highest BCUT2D eigenvalue weighted by Crippen LogP contribution is 2.25. The van der Waals surface area contributed by atoms with Crippen LogP contribution in [0.2, 0.25) is 0 Å². The van der Waals surface area contributed by atoms with Crippen LogP contribution in [0.1, 0.15) is 45.5 Å². The van der Waals surface area contributed by atoms with Gasteiger partial charge in [-0.3, -0.25) is 9.59 Å². The van der Waals surface area contributed by atoms with Crippen LogP contribution in [0, 0.1) is 17.6 Å². The van der Waals surface area contributed by atoms with Gasteiger partial charge in [0, 0.05) is 37.7 Å². The Labute approximate surface area is 187 Å². The van der Waals surface area contributed by atoms with Crippen molar-refractivity contribution in [2.24, 2.45) is 5.92 Å². The number of hydrogen-bond donors (Lipinski definition) is 0. The number of halogens is 2. The number of ketones is 1. The molecule has 7 heteroatoms. The molecular formula is C25H28F2N2O3. The van der Waals surface area contributed by atoms with Crippen molar-refractivity contribution in [3.05, 3.63) is 64.7 Å². The second-order valence-corrected chi connectivity index (χ2v) is 8.60. The summed E-state index contributed by atoms with van der Waals surface area (Å²) in [5, 5.41) is 0. The minimum Gasteiger partial charge on any atom is -0.494 e. The fourth-order valence-corrected chi connectivity index (χ4v) is 4.46. The number of benzene rings is 2. The topological polar surface area (TPSA) is 49.9 Å². The van der Waals surface area contributed by atoms with Crippen LogP contribution in [0.5, 0.6) is 5.75 Å². The molecule has 0 spiro atoms. The predicted octanol–water partition coefficient (Wildman–Crippen LogP) is 3.96. The molecule has 0 unspecified atom stereocenters. The van der Waals surface area contributed by atoms with E-state index >= 15 is 0 Å². The van der Waals surface area contributed by atoms with Crippen molar-refractivity contribution in [3.8, 4) is 5.75 Å². The van der Waals surface area contributed by atoms with Gasteiger partial charge in [0.2, 0.25) is 0 Å². The summed E-state index contributed by atoms with van der Waals surface area (Å²) >= 11 is 0. The first-order chi connectivity index (χ1) is 15.4. The number of carbonyl (C=O) groups is 2. The third-order valence-corrected chi connectivity index (χ3v) is 6.42. The van der Waals surface area contributed by atoms with Gasteiger partial charge in [0.15, 0.2) is 5.78 Å². The molecule has 170 valence electrons. The van der Waals surface area contributed by atoms with Gasteiger partial charge in [0.05, 0.1) is 12.2 Å². The van der Waals surface area contributed by atoms with Gasteiger partial charge in [-0.1, -0.05) is 6.07 Å². The Balaban J connectivity index is 1.21. The van der Waals surface area contributed by atoms with Crippen molar-refractivity contribution in [2.45, 2.75) is 25.7 Å². The fraction of sp³-hybridized carbons (Fsp3) is 0.440. The SMILES string of the molecule is CN1CCc2ccc(OCCCN3CCC(C(=O)c4ccc(F)cc4F)CC3)cc2C1=O. The van der Waals surface area contributed by atoms with E-state index in [0.29, 0.717) is 25.2 Å². The molecule has 1 saturated heterocycles. The van der Waals surface area contributed by atoms with Gasteiger partial charge in [-0.25, -0.2) is 8.78 Å². The molecule has 0 radical (unpaired) electrons. The number of hydrogen-bond acceptors (Lipinski definition) is 4. The third-order valence-electron chi connectivity index (χ3n) is 6.42. The Hall–Kier alpha value is -2.80. The van der Waals surface area contributed by atoms with Crippen LogP contribution < -0.4 is 4.74 Å². The molecule has 0 atom stereocenters. The second kappa shape index (κ2) is 9.77. The summed E-state index contributed by atoms with van der Waals surface area (Å²) in [6, 6.07) is 8.85. The third kappa shape index (κ3) is 4.99. The van der Waals surface area contributed by atoms with Crippen LogP contribution in [0.25, 0.3) is 0 Å². The van der Waals surface area contributed by atoms with Crippen LogP contribution in [0.3, 0.4) is 0 Å². The first kappa shape index (κ1) is 22.4. The van der Waals surface area contributed by atoms with Gasteiger partial charge in [-0.05, 0) is 68.6 Å². The average molecular weight is 443 g/mol. The number of nitrogens with zero attached hydrogens (tertiary/aromatic N) is 2. The van der Waals surface area contributed by atoms with E-state index in [1.54, 1.807) is 4.90 Å². The number of rotatable bonds is 7. The van der Waals surface area contributed by atoms with Gasteiger partial charge >= 0.3 is 0 Å². The van der Waals surface area contributed by atoms with Gasteiger partial charge in [-0.2, -0.15) is 0 Å². The number of carbonyl (C=O) groups excluding carboxylic acids is 2. The molecule has 0 aromatic heterocycles. The molecule has 32 heavy (non-hydrogen) atoms. The molecular weight excluding hydrogens is 414 g/mol. The smallest absolute Gasteiger partial charge is 0.254 e. The normalized spacial score (nSPS) is 17.3. The quantitative estimate of drug-likeness (QED) is 0.481. The lowest BCUT2D eigenvalue weighted by atomic mass is 9.88. The number of ether oxygens (including phenoxy) is 1. The van der Waals surface area contributed by atoms with E-state index in [4.69, 9.17) is 4.74 Å². The minimum absolute atomic E-state index is 0.0204. The summed E-state index contributed by atoms with van der Waals surface area (Å²) in [4.78, 5) is 28.9. The lowest BCUT2D eigenvalue weighted by Gasteiger charge is -2.31. The summed E-state index contributed by atoms with van der Waals surface area (Å²) in [6.45, 7) is 3.66. The van der Waals surface area contributed by atoms with E-state index in [1.165, 1.54) is 6.07 Å². The first-order valence-corrected chi connectivity index (χ1v) is 11.1. The Bertz CT molecular complexity index is 1000. The summed E-state index contributed by atoms with van der Waals surface area (Å²) < 4.78 is 32.9. The molecule has 5 nitrogen and oxygen atoms in total. The Morgan fingerprint density at radius 3 is 2.62 bits per heavy atom. The molecule has 2 heterocycles.